The molecule has 1 N–H and O–H groups in total. The Balaban J connectivity index is 1.55. The smallest absolute Gasteiger partial charge is 0.337 e. The lowest BCUT2D eigenvalue weighted by molar-refractivity contribution is -0.120. The number of amides is 3. The van der Waals surface area contributed by atoms with Gasteiger partial charge in [-0.15, -0.1) is 0 Å². The number of likely N-dealkylation sites (tertiary alicyclic amines) is 1. The number of nitrogens with one attached hydrogen (secondary N) is 1. The molecule has 2 aromatic carbocycles. The molecule has 8 nitrogen and oxygen atoms in total. The molecule has 176 valence electrons. The van der Waals surface area contributed by atoms with Crippen molar-refractivity contribution in [2.45, 2.75) is 25.7 Å². The van der Waals surface area contributed by atoms with E-state index in [2.05, 4.69) is 5.32 Å². The minimum atomic E-state index is -0.715. The molecule has 9 heteroatoms. The van der Waals surface area contributed by atoms with Crippen molar-refractivity contribution in [3.8, 4) is 0 Å². The summed E-state index contributed by atoms with van der Waals surface area (Å²) in [5.74, 6) is -2.04. The minimum absolute atomic E-state index is 0.0688. The van der Waals surface area contributed by atoms with Gasteiger partial charge in [-0.1, -0.05) is 36.6 Å². The van der Waals surface area contributed by atoms with E-state index in [0.717, 1.165) is 43.7 Å². The highest BCUT2D eigenvalue weighted by Gasteiger charge is 2.39. The summed E-state index contributed by atoms with van der Waals surface area (Å²) in [5.41, 5.74) is 1.23. The number of hydrogen-bond donors (Lipinski definition) is 1. The van der Waals surface area contributed by atoms with Crippen LogP contribution in [0.25, 0.3) is 0 Å². The van der Waals surface area contributed by atoms with Gasteiger partial charge >= 0.3 is 5.97 Å². The molecule has 0 saturated carbocycles. The average molecular weight is 482 g/mol. The third kappa shape index (κ3) is 4.68. The summed E-state index contributed by atoms with van der Waals surface area (Å²) < 4.78 is 4.70. The molecule has 34 heavy (non-hydrogen) atoms. The van der Waals surface area contributed by atoms with Crippen LogP contribution in [-0.4, -0.2) is 48.8 Å². The number of ether oxygens (including phenoxy) is 1. The molecule has 0 atom stereocenters. The molecular weight excluding hydrogens is 458 g/mol. The molecule has 0 unspecified atom stereocenters. The zero-order chi connectivity index (χ0) is 24.2. The topological polar surface area (TPSA) is 96.0 Å². The number of methoxy groups -OCH3 is 1. The van der Waals surface area contributed by atoms with Gasteiger partial charge in [0.1, 0.15) is 10.7 Å². The summed E-state index contributed by atoms with van der Waals surface area (Å²) in [6.07, 6.45) is 4.20. The van der Waals surface area contributed by atoms with Crippen LogP contribution in [0, 0.1) is 0 Å². The maximum atomic E-state index is 13.1. The predicted octanol–water partition coefficient (Wildman–Crippen LogP) is 3.93. The van der Waals surface area contributed by atoms with Gasteiger partial charge in [-0.2, -0.15) is 0 Å². The van der Waals surface area contributed by atoms with Crippen LogP contribution < -0.4 is 10.2 Å². The normalized spacial score (nSPS) is 16.5. The number of esters is 1. The van der Waals surface area contributed by atoms with Gasteiger partial charge in [-0.05, 0) is 49.2 Å². The van der Waals surface area contributed by atoms with Crippen molar-refractivity contribution in [2.24, 2.45) is 0 Å². The lowest BCUT2D eigenvalue weighted by Gasteiger charge is -2.20. The molecule has 0 aliphatic carbocycles. The molecule has 0 spiro atoms. The quantitative estimate of drug-likeness (QED) is 0.513. The molecule has 2 aliphatic heterocycles. The van der Waals surface area contributed by atoms with E-state index in [1.54, 1.807) is 30.3 Å². The van der Waals surface area contributed by atoms with E-state index in [4.69, 9.17) is 16.3 Å². The SMILES string of the molecule is COC(=O)c1cccc(N2C(=O)C(Cl)=C(Nc3cccc(C(=O)N4CCCCCC4)c3)C2=O)c1. The summed E-state index contributed by atoms with van der Waals surface area (Å²) in [4.78, 5) is 53.4. The van der Waals surface area contributed by atoms with Gasteiger partial charge < -0.3 is 15.0 Å². The first-order chi connectivity index (χ1) is 16.4. The Morgan fingerprint density at radius 2 is 1.59 bits per heavy atom. The summed E-state index contributed by atoms with van der Waals surface area (Å²) in [7, 11) is 1.24. The van der Waals surface area contributed by atoms with Crippen LogP contribution in [0.4, 0.5) is 11.4 Å². The van der Waals surface area contributed by atoms with Crippen LogP contribution in [0.1, 0.15) is 46.4 Å². The number of hydrogen-bond acceptors (Lipinski definition) is 6. The predicted molar refractivity (Wildman–Crippen MR) is 128 cm³/mol. The van der Waals surface area contributed by atoms with Gasteiger partial charge in [-0.25, -0.2) is 9.69 Å². The summed E-state index contributed by atoms with van der Waals surface area (Å²) >= 11 is 6.23. The number of benzene rings is 2. The van der Waals surface area contributed by atoms with Crippen molar-refractivity contribution in [1.29, 1.82) is 0 Å². The highest BCUT2D eigenvalue weighted by Crippen LogP contribution is 2.31. The number of carbonyl (C=O) groups is 4. The van der Waals surface area contributed by atoms with Crippen LogP contribution in [0.2, 0.25) is 0 Å². The monoisotopic (exact) mass is 481 g/mol. The van der Waals surface area contributed by atoms with Crippen LogP contribution >= 0.6 is 11.6 Å². The first-order valence-electron chi connectivity index (χ1n) is 11.0. The van der Waals surface area contributed by atoms with Crippen LogP contribution in [0.15, 0.2) is 59.3 Å². The zero-order valence-corrected chi connectivity index (χ0v) is 19.4. The lowest BCUT2D eigenvalue weighted by Crippen LogP contribution is -2.32. The fraction of sp³-hybridized carbons (Fsp3) is 0.280. The summed E-state index contributed by atoms with van der Waals surface area (Å²) in [6.45, 7) is 1.44. The second-order valence-electron chi connectivity index (χ2n) is 8.09. The van der Waals surface area contributed by atoms with E-state index in [-0.39, 0.29) is 27.9 Å². The Hall–Kier alpha value is -3.65. The largest absolute Gasteiger partial charge is 0.465 e. The van der Waals surface area contributed by atoms with Gasteiger partial charge in [0.2, 0.25) is 0 Å². The number of anilines is 2. The summed E-state index contributed by atoms with van der Waals surface area (Å²) in [6, 6.07) is 12.7. The van der Waals surface area contributed by atoms with Crippen molar-refractivity contribution in [1.82, 2.24) is 4.90 Å². The second-order valence-corrected chi connectivity index (χ2v) is 8.47. The molecule has 2 heterocycles. The number of imide groups is 1. The molecule has 2 aromatic rings. The average Bonchev–Trinajstić information content (AvgIpc) is 3.06. The first-order valence-corrected chi connectivity index (χ1v) is 11.4. The molecule has 0 bridgehead atoms. The van der Waals surface area contributed by atoms with Crippen molar-refractivity contribution in [2.75, 3.05) is 30.4 Å². The van der Waals surface area contributed by atoms with E-state index in [1.165, 1.54) is 25.3 Å². The molecule has 4 rings (SSSR count). The molecule has 0 radical (unpaired) electrons. The summed E-state index contributed by atoms with van der Waals surface area (Å²) in [5, 5.41) is 2.62. The van der Waals surface area contributed by atoms with Crippen molar-refractivity contribution in [3.05, 3.63) is 70.4 Å². The zero-order valence-electron chi connectivity index (χ0n) is 18.7. The van der Waals surface area contributed by atoms with Crippen molar-refractivity contribution >= 4 is 46.7 Å². The van der Waals surface area contributed by atoms with Crippen LogP contribution in [0.5, 0.6) is 0 Å². The molecule has 1 saturated heterocycles. The minimum Gasteiger partial charge on any atom is -0.465 e. The van der Waals surface area contributed by atoms with Crippen molar-refractivity contribution < 1.29 is 23.9 Å². The van der Waals surface area contributed by atoms with E-state index >= 15 is 0 Å². The Bertz CT molecular complexity index is 1180. The third-order valence-corrected chi connectivity index (χ3v) is 6.18. The fourth-order valence-electron chi connectivity index (χ4n) is 4.07. The van der Waals surface area contributed by atoms with Gasteiger partial charge in [0.15, 0.2) is 0 Å². The number of halogens is 1. The maximum absolute atomic E-state index is 13.1. The maximum Gasteiger partial charge on any atom is 0.337 e. The molecule has 3 amide bonds. The van der Waals surface area contributed by atoms with Gasteiger partial charge in [0, 0.05) is 24.3 Å². The second kappa shape index (κ2) is 10.1. The van der Waals surface area contributed by atoms with E-state index in [1.807, 2.05) is 4.90 Å². The Kier molecular flexibility index (Phi) is 6.98. The standard InChI is InChI=1S/C25H24ClN3O5/c1-34-25(33)17-9-7-11-19(15-17)29-23(31)20(26)21(24(29)32)27-18-10-6-8-16(14-18)22(30)28-12-4-2-3-5-13-28/h6-11,14-15,27H,2-5,12-13H2,1H3. The number of carbonyl (C=O) groups excluding carboxylic acids is 4. The van der Waals surface area contributed by atoms with E-state index < -0.39 is 17.8 Å². The van der Waals surface area contributed by atoms with Crippen LogP contribution in [0.3, 0.4) is 0 Å². The lowest BCUT2D eigenvalue weighted by atomic mass is 10.1. The Morgan fingerprint density at radius 3 is 2.29 bits per heavy atom. The Labute approximate surface area is 202 Å². The third-order valence-electron chi connectivity index (χ3n) is 5.82. The first kappa shape index (κ1) is 23.5. The van der Waals surface area contributed by atoms with Crippen LogP contribution in [-0.2, 0) is 14.3 Å². The number of rotatable bonds is 5. The highest BCUT2D eigenvalue weighted by molar-refractivity contribution is 6.53. The number of nitrogens with zero attached hydrogens (tertiary/aromatic N) is 2. The molecule has 2 aliphatic rings. The van der Waals surface area contributed by atoms with Crippen molar-refractivity contribution in [3.63, 3.8) is 0 Å². The van der Waals surface area contributed by atoms with Gasteiger partial charge in [-0.3, -0.25) is 14.4 Å². The highest BCUT2D eigenvalue weighted by atomic mass is 35.5. The van der Waals surface area contributed by atoms with E-state index in [0.29, 0.717) is 11.3 Å². The Morgan fingerprint density at radius 1 is 0.912 bits per heavy atom. The molecular formula is C25H24ClN3O5. The van der Waals surface area contributed by atoms with Gasteiger partial charge in [0.05, 0.1) is 18.4 Å². The fourth-order valence-corrected chi connectivity index (χ4v) is 4.28. The molecule has 1 fully saturated rings. The van der Waals surface area contributed by atoms with Gasteiger partial charge in [0.25, 0.3) is 17.7 Å². The van der Waals surface area contributed by atoms with E-state index in [9.17, 15) is 19.2 Å². The molecule has 0 aromatic heterocycles.